The number of thioether (sulfide) groups is 1. The van der Waals surface area contributed by atoms with Gasteiger partial charge in [0.25, 0.3) is 0 Å². The average Bonchev–Trinajstić information content (AvgIpc) is 2.65. The molecule has 1 aliphatic heterocycles. The minimum Gasteiger partial charge on any atom is -0.497 e. The molecule has 1 saturated heterocycles. The van der Waals surface area contributed by atoms with E-state index in [9.17, 15) is 0 Å². The molecule has 134 valence electrons. The molecule has 0 aromatic heterocycles. The number of hydrogen-bond acceptors (Lipinski definition) is 4. The van der Waals surface area contributed by atoms with E-state index in [-0.39, 0.29) is 6.04 Å². The van der Waals surface area contributed by atoms with Gasteiger partial charge in [-0.25, -0.2) is 0 Å². The number of likely N-dealkylation sites (N-methyl/N-ethyl adjacent to an activating group) is 1. The third-order valence-corrected chi connectivity index (χ3v) is 5.44. The number of benzene rings is 1. The quantitative estimate of drug-likeness (QED) is 0.605. The highest BCUT2D eigenvalue weighted by Gasteiger charge is 2.19. The number of guanidine groups is 1. The fraction of sp³-hybridized carbons (Fsp3) is 0.611. The number of nitrogens with zero attached hydrogens (tertiary/aromatic N) is 3. The molecule has 1 fully saturated rings. The van der Waals surface area contributed by atoms with Crippen LogP contribution in [-0.2, 0) is 0 Å². The van der Waals surface area contributed by atoms with Crippen LogP contribution >= 0.6 is 11.8 Å². The maximum Gasteiger partial charge on any atom is 0.191 e. The van der Waals surface area contributed by atoms with E-state index in [4.69, 9.17) is 15.5 Å². The van der Waals surface area contributed by atoms with E-state index >= 15 is 0 Å². The lowest BCUT2D eigenvalue weighted by atomic mass is 10.0. The van der Waals surface area contributed by atoms with Crippen molar-refractivity contribution in [2.24, 2.45) is 10.7 Å². The number of methoxy groups -OCH3 is 1. The Morgan fingerprint density at radius 3 is 2.67 bits per heavy atom. The number of hydrogen-bond donors (Lipinski definition) is 1. The molecule has 1 unspecified atom stereocenters. The molecule has 0 spiro atoms. The van der Waals surface area contributed by atoms with E-state index in [1.165, 1.54) is 5.56 Å². The lowest BCUT2D eigenvalue weighted by Gasteiger charge is -2.31. The predicted molar refractivity (Wildman–Crippen MR) is 104 cm³/mol. The van der Waals surface area contributed by atoms with Gasteiger partial charge in [0.1, 0.15) is 5.75 Å². The van der Waals surface area contributed by atoms with Crippen LogP contribution in [0.15, 0.2) is 29.3 Å². The molecule has 1 heterocycles. The van der Waals surface area contributed by atoms with Crippen molar-refractivity contribution in [2.45, 2.75) is 19.9 Å². The highest BCUT2D eigenvalue weighted by Crippen LogP contribution is 2.24. The fourth-order valence-electron chi connectivity index (χ4n) is 3.02. The van der Waals surface area contributed by atoms with Gasteiger partial charge in [0.2, 0.25) is 0 Å². The third-order valence-electron chi connectivity index (χ3n) is 4.49. The summed E-state index contributed by atoms with van der Waals surface area (Å²) in [6.07, 6.45) is 0. The summed E-state index contributed by atoms with van der Waals surface area (Å²) in [5, 5.41) is 0. The molecule has 0 bridgehead atoms. The lowest BCUT2D eigenvalue weighted by molar-refractivity contribution is 0.223. The second-order valence-corrected chi connectivity index (χ2v) is 7.04. The van der Waals surface area contributed by atoms with Crippen LogP contribution in [0.5, 0.6) is 5.75 Å². The highest BCUT2D eigenvalue weighted by molar-refractivity contribution is 7.99. The topological polar surface area (TPSA) is 54.1 Å². The van der Waals surface area contributed by atoms with Crippen LogP contribution in [0.2, 0.25) is 0 Å². The molecule has 1 atom stereocenters. The van der Waals surface area contributed by atoms with Crippen LogP contribution in [0, 0.1) is 0 Å². The highest BCUT2D eigenvalue weighted by atomic mass is 32.2. The van der Waals surface area contributed by atoms with Crippen molar-refractivity contribution >= 4 is 17.7 Å². The monoisotopic (exact) mass is 350 g/mol. The van der Waals surface area contributed by atoms with Crippen molar-refractivity contribution in [1.82, 2.24) is 9.80 Å². The summed E-state index contributed by atoms with van der Waals surface area (Å²) >= 11 is 1.98. The van der Waals surface area contributed by atoms with Gasteiger partial charge in [-0.15, -0.1) is 0 Å². The minimum atomic E-state index is 0.216. The van der Waals surface area contributed by atoms with Crippen molar-refractivity contribution in [3.05, 3.63) is 29.8 Å². The Morgan fingerprint density at radius 2 is 2.04 bits per heavy atom. The smallest absolute Gasteiger partial charge is 0.191 e. The van der Waals surface area contributed by atoms with E-state index in [2.05, 4.69) is 35.8 Å². The molecule has 2 N–H and O–H groups in total. The van der Waals surface area contributed by atoms with Crippen molar-refractivity contribution in [3.8, 4) is 5.75 Å². The summed E-state index contributed by atoms with van der Waals surface area (Å²) < 4.78 is 5.38. The summed E-state index contributed by atoms with van der Waals surface area (Å²) in [5.41, 5.74) is 7.46. The van der Waals surface area contributed by atoms with E-state index in [0.29, 0.717) is 12.5 Å². The zero-order valence-corrected chi connectivity index (χ0v) is 15.9. The maximum absolute atomic E-state index is 6.24. The molecule has 2 rings (SSSR count). The Hall–Kier alpha value is -1.40. The normalized spacial score (nSPS) is 17.2. The van der Waals surface area contributed by atoms with Gasteiger partial charge in [0.05, 0.1) is 19.7 Å². The number of aliphatic imine (C=N–C) groups is 1. The van der Waals surface area contributed by atoms with E-state index in [1.54, 1.807) is 7.11 Å². The zero-order valence-electron chi connectivity index (χ0n) is 15.1. The third kappa shape index (κ3) is 5.05. The van der Waals surface area contributed by atoms with Gasteiger partial charge in [-0.2, -0.15) is 11.8 Å². The molecule has 1 aromatic rings. The molecule has 24 heavy (non-hydrogen) atoms. The Bertz CT molecular complexity index is 528. The van der Waals surface area contributed by atoms with Gasteiger partial charge >= 0.3 is 0 Å². The molecule has 1 aromatic carbocycles. The fourth-order valence-corrected chi connectivity index (χ4v) is 3.92. The first kappa shape index (κ1) is 18.9. The first-order valence-electron chi connectivity index (χ1n) is 8.70. The van der Waals surface area contributed by atoms with Gasteiger partial charge in [-0.1, -0.05) is 26.0 Å². The van der Waals surface area contributed by atoms with Crippen LogP contribution in [0.1, 0.15) is 25.5 Å². The van der Waals surface area contributed by atoms with Gasteiger partial charge in [-0.3, -0.25) is 9.89 Å². The van der Waals surface area contributed by atoms with Gasteiger partial charge < -0.3 is 15.4 Å². The van der Waals surface area contributed by atoms with Crippen molar-refractivity contribution in [3.63, 3.8) is 0 Å². The van der Waals surface area contributed by atoms with Crippen molar-refractivity contribution < 1.29 is 4.74 Å². The van der Waals surface area contributed by atoms with Crippen LogP contribution in [0.3, 0.4) is 0 Å². The summed E-state index contributed by atoms with van der Waals surface area (Å²) in [7, 11) is 1.70. The van der Waals surface area contributed by atoms with Gasteiger partial charge in [-0.05, 0) is 30.8 Å². The molecule has 0 saturated carbocycles. The Kier molecular flexibility index (Phi) is 7.72. The summed E-state index contributed by atoms with van der Waals surface area (Å²) in [5.74, 6) is 3.82. The molecule has 0 aliphatic carbocycles. The first-order chi connectivity index (χ1) is 11.7. The Morgan fingerprint density at radius 1 is 1.33 bits per heavy atom. The van der Waals surface area contributed by atoms with E-state index in [1.807, 2.05) is 23.9 Å². The molecular weight excluding hydrogens is 320 g/mol. The summed E-state index contributed by atoms with van der Waals surface area (Å²) in [4.78, 5) is 9.34. The number of nitrogens with two attached hydrogens (primary N) is 1. The zero-order chi connectivity index (χ0) is 17.4. The second-order valence-electron chi connectivity index (χ2n) is 5.81. The van der Waals surface area contributed by atoms with E-state index < -0.39 is 0 Å². The van der Waals surface area contributed by atoms with Crippen LogP contribution in [-0.4, -0.2) is 67.1 Å². The number of rotatable bonds is 7. The Balaban J connectivity index is 2.16. The predicted octanol–water partition coefficient (Wildman–Crippen LogP) is 2.44. The van der Waals surface area contributed by atoms with Gasteiger partial charge in [0, 0.05) is 24.6 Å². The standard InChI is InChI=1S/C18H30N4OS/c1-4-21(5-2)17(15-7-6-8-16(13-15)23-3)14-20-18(19)22-9-11-24-12-10-22/h6-8,13,17H,4-5,9-12,14H2,1-3H3,(H2,19,20). The average molecular weight is 351 g/mol. The molecule has 0 radical (unpaired) electrons. The molecular formula is C18H30N4OS. The van der Waals surface area contributed by atoms with Crippen LogP contribution in [0.4, 0.5) is 0 Å². The second kappa shape index (κ2) is 9.79. The lowest BCUT2D eigenvalue weighted by Crippen LogP contribution is -2.43. The molecule has 5 nitrogen and oxygen atoms in total. The maximum atomic E-state index is 6.24. The van der Waals surface area contributed by atoms with Crippen LogP contribution < -0.4 is 10.5 Å². The van der Waals surface area contributed by atoms with Gasteiger partial charge in [0.15, 0.2) is 5.96 Å². The SMILES string of the molecule is CCN(CC)C(CN=C(N)N1CCSCC1)c1cccc(OC)c1. The summed E-state index contributed by atoms with van der Waals surface area (Å²) in [6.45, 7) is 8.99. The minimum absolute atomic E-state index is 0.216. The van der Waals surface area contributed by atoms with Crippen molar-refractivity contribution in [2.75, 3.05) is 51.3 Å². The van der Waals surface area contributed by atoms with E-state index in [0.717, 1.165) is 43.4 Å². The van der Waals surface area contributed by atoms with Crippen molar-refractivity contribution in [1.29, 1.82) is 0 Å². The molecule has 1 aliphatic rings. The first-order valence-corrected chi connectivity index (χ1v) is 9.85. The molecule has 6 heteroatoms. The Labute approximate surface area is 150 Å². The summed E-state index contributed by atoms with van der Waals surface area (Å²) in [6, 6.07) is 8.49. The molecule has 0 amide bonds. The largest absolute Gasteiger partial charge is 0.497 e. The number of ether oxygens (including phenoxy) is 1. The van der Waals surface area contributed by atoms with Crippen LogP contribution in [0.25, 0.3) is 0 Å².